The van der Waals surface area contributed by atoms with Gasteiger partial charge in [-0.3, -0.25) is 0 Å². The van der Waals surface area contributed by atoms with E-state index in [-0.39, 0.29) is 12.8 Å². The van der Waals surface area contributed by atoms with E-state index in [4.69, 9.17) is 0 Å². The lowest BCUT2D eigenvalue weighted by atomic mass is 9.74. The SMILES string of the molecule is C.C#CC.C/C=C\C(=C/C)c1ccc2c(c1)c1cc(-c3ccccc3)cc3c1n2-c1ccccc1C3(C)C.C=C/C=C\C(=C)C/C=C\C=C/CN(C)C.CC. The monoisotopic (exact) mass is 729 g/mol. The molecule has 0 saturated carbocycles. The van der Waals surface area contributed by atoms with Crippen molar-refractivity contribution in [1.29, 1.82) is 0 Å². The summed E-state index contributed by atoms with van der Waals surface area (Å²) in [5, 5.41) is 2.63. The van der Waals surface area contributed by atoms with Crippen LogP contribution in [0.1, 0.15) is 79.0 Å². The molecule has 0 fully saturated rings. The number of terminal acetylenes is 1. The lowest BCUT2D eigenvalue weighted by Gasteiger charge is -2.35. The molecule has 55 heavy (non-hydrogen) atoms. The number of benzene rings is 4. The molecule has 0 amide bonds. The Balaban J connectivity index is 0.000000423. The van der Waals surface area contributed by atoms with Gasteiger partial charge in [-0.15, -0.1) is 12.3 Å². The van der Waals surface area contributed by atoms with Crippen LogP contribution >= 0.6 is 0 Å². The maximum absolute atomic E-state index is 4.60. The molecule has 6 rings (SSSR count). The van der Waals surface area contributed by atoms with E-state index in [0.717, 1.165) is 18.5 Å². The highest BCUT2D eigenvalue weighted by atomic mass is 15.0. The number of hydrogen-bond acceptors (Lipinski definition) is 1. The number of hydrogen-bond donors (Lipinski definition) is 0. The molecule has 1 aromatic heterocycles. The van der Waals surface area contributed by atoms with Crippen molar-refractivity contribution in [2.24, 2.45) is 0 Å². The van der Waals surface area contributed by atoms with Gasteiger partial charge in [0.2, 0.25) is 0 Å². The molecule has 1 aliphatic heterocycles. The third kappa shape index (κ3) is 11.2. The van der Waals surface area contributed by atoms with E-state index in [1.807, 2.05) is 26.0 Å². The number of rotatable bonds is 10. The van der Waals surface area contributed by atoms with Crippen molar-refractivity contribution in [1.82, 2.24) is 9.47 Å². The highest BCUT2D eigenvalue weighted by Crippen LogP contribution is 2.49. The van der Waals surface area contributed by atoms with Crippen LogP contribution in [-0.4, -0.2) is 30.1 Å². The summed E-state index contributed by atoms with van der Waals surface area (Å²) in [7, 11) is 4.10. The quantitative estimate of drug-likeness (QED) is 0.103. The second kappa shape index (κ2) is 22.6. The highest BCUT2D eigenvalue weighted by Gasteiger charge is 2.35. The lowest BCUT2D eigenvalue weighted by molar-refractivity contribution is 0.456. The Morgan fingerprint density at radius 1 is 0.818 bits per heavy atom. The molecule has 0 atom stereocenters. The largest absolute Gasteiger partial charge is 0.309 e. The molecule has 2 heteroatoms. The average Bonchev–Trinajstić information content (AvgIpc) is 3.52. The van der Waals surface area contributed by atoms with Gasteiger partial charge in [-0.1, -0.05) is 169 Å². The Bertz CT molecular complexity index is 2200. The van der Waals surface area contributed by atoms with E-state index in [1.54, 1.807) is 13.0 Å². The van der Waals surface area contributed by atoms with Crippen molar-refractivity contribution in [3.8, 4) is 29.2 Å². The molecule has 0 bridgehead atoms. The number of allylic oxidation sites excluding steroid dienone is 11. The number of para-hydroxylation sites is 1. The molecule has 4 aromatic carbocycles. The van der Waals surface area contributed by atoms with Crippen molar-refractivity contribution in [2.75, 3.05) is 20.6 Å². The molecule has 5 aromatic rings. The molecule has 2 heterocycles. The third-order valence-corrected chi connectivity index (χ3v) is 9.15. The van der Waals surface area contributed by atoms with E-state index in [9.17, 15) is 0 Å². The van der Waals surface area contributed by atoms with Crippen LogP contribution in [0.5, 0.6) is 0 Å². The minimum absolute atomic E-state index is 0. The Morgan fingerprint density at radius 3 is 2.11 bits per heavy atom. The van der Waals surface area contributed by atoms with Crippen molar-refractivity contribution < 1.29 is 0 Å². The van der Waals surface area contributed by atoms with Gasteiger partial charge < -0.3 is 9.47 Å². The summed E-state index contributed by atoms with van der Waals surface area (Å²) in [6, 6.07) is 31.4. The predicted octanol–water partition coefficient (Wildman–Crippen LogP) is 14.7. The lowest BCUT2D eigenvalue weighted by Crippen LogP contribution is -2.26. The van der Waals surface area contributed by atoms with Crippen LogP contribution < -0.4 is 0 Å². The first kappa shape index (κ1) is 45.5. The summed E-state index contributed by atoms with van der Waals surface area (Å²) in [6.45, 7) is 23.1. The second-order valence-corrected chi connectivity index (χ2v) is 13.6. The number of fused-ring (bicyclic) bond motifs is 5. The Kier molecular flexibility index (Phi) is 18.7. The fourth-order valence-electron chi connectivity index (χ4n) is 6.65. The summed E-state index contributed by atoms with van der Waals surface area (Å²) in [4.78, 5) is 2.12. The maximum Gasteiger partial charge on any atom is 0.0582 e. The highest BCUT2D eigenvalue weighted by molar-refractivity contribution is 6.13. The predicted molar refractivity (Wildman–Crippen MR) is 249 cm³/mol. The van der Waals surface area contributed by atoms with Crippen LogP contribution in [0.25, 0.3) is 44.2 Å². The van der Waals surface area contributed by atoms with Crippen molar-refractivity contribution >= 4 is 27.4 Å². The first-order chi connectivity index (χ1) is 26.1. The molecular weight excluding hydrogens is 665 g/mol. The molecule has 0 saturated heterocycles. The van der Waals surface area contributed by atoms with E-state index in [2.05, 4.69) is 204 Å². The number of aromatic nitrogens is 1. The molecule has 1 aliphatic rings. The summed E-state index contributed by atoms with van der Waals surface area (Å²) in [6.07, 6.45) is 25.9. The first-order valence-corrected chi connectivity index (χ1v) is 19.0. The zero-order valence-electron chi connectivity index (χ0n) is 34.2. The van der Waals surface area contributed by atoms with Crippen LogP contribution in [0, 0.1) is 12.3 Å². The first-order valence-electron chi connectivity index (χ1n) is 19.0. The number of likely N-dealkylation sites (N-methyl/N-ethyl adjacent to an activating group) is 1. The van der Waals surface area contributed by atoms with Gasteiger partial charge in [0.1, 0.15) is 0 Å². The summed E-state index contributed by atoms with van der Waals surface area (Å²) >= 11 is 0. The van der Waals surface area contributed by atoms with E-state index in [0.29, 0.717) is 0 Å². The van der Waals surface area contributed by atoms with Crippen molar-refractivity contribution in [3.63, 3.8) is 0 Å². The smallest absolute Gasteiger partial charge is 0.0582 e. The van der Waals surface area contributed by atoms with Gasteiger partial charge in [0, 0.05) is 22.7 Å². The van der Waals surface area contributed by atoms with Crippen LogP contribution in [0.4, 0.5) is 0 Å². The minimum atomic E-state index is -0.0910. The zero-order chi connectivity index (χ0) is 39.7. The van der Waals surface area contributed by atoms with Crippen LogP contribution in [0.2, 0.25) is 0 Å². The fraction of sp³-hybridized carbons (Fsp3) is 0.245. The third-order valence-electron chi connectivity index (χ3n) is 9.15. The fourth-order valence-corrected chi connectivity index (χ4v) is 6.65. The Morgan fingerprint density at radius 2 is 1.47 bits per heavy atom. The maximum atomic E-state index is 4.60. The normalized spacial score (nSPS) is 12.7. The van der Waals surface area contributed by atoms with E-state index in [1.165, 1.54) is 60.9 Å². The van der Waals surface area contributed by atoms with Crippen molar-refractivity contribution in [3.05, 3.63) is 181 Å². The van der Waals surface area contributed by atoms with Gasteiger partial charge in [-0.25, -0.2) is 0 Å². The van der Waals surface area contributed by atoms with E-state index >= 15 is 0 Å². The summed E-state index contributed by atoms with van der Waals surface area (Å²) in [5.74, 6) is 2.25. The minimum Gasteiger partial charge on any atom is -0.309 e. The zero-order valence-corrected chi connectivity index (χ0v) is 34.2. The Labute approximate surface area is 334 Å². The molecule has 0 aliphatic carbocycles. The van der Waals surface area contributed by atoms with Crippen LogP contribution in [0.3, 0.4) is 0 Å². The molecule has 286 valence electrons. The van der Waals surface area contributed by atoms with E-state index < -0.39 is 0 Å². The summed E-state index contributed by atoms with van der Waals surface area (Å²) < 4.78 is 2.49. The van der Waals surface area contributed by atoms with Gasteiger partial charge in [0.05, 0.1) is 16.7 Å². The van der Waals surface area contributed by atoms with Gasteiger partial charge in [-0.2, -0.15) is 0 Å². The van der Waals surface area contributed by atoms with Crippen molar-refractivity contribution in [2.45, 2.75) is 67.7 Å². The molecule has 0 N–H and O–H groups in total. The van der Waals surface area contributed by atoms with Crippen LogP contribution in [0.15, 0.2) is 164 Å². The van der Waals surface area contributed by atoms with Gasteiger partial charge in [0.25, 0.3) is 0 Å². The summed E-state index contributed by atoms with van der Waals surface area (Å²) in [5.41, 5.74) is 12.7. The average molecular weight is 729 g/mol. The standard InChI is InChI=1S/C33H29N.C14H21N.C3H4.C2H6.CH4/c1-5-12-22(6-2)24-17-18-30-26(19-24)27-20-25(23-13-8-7-9-14-23)21-29-32(27)34(30)31-16-11-10-15-28(31)33(29,3)4;1-5-6-11-14(2)12-9-7-8-10-13-15(3)4;1-3-2;1-2;/h5-21H,1-4H3;5-11H,1-2,12-13H2,3-4H3;1H,2H3;1-2H3;1H4/b12-5-,22-6+;9-7-,10-8-,11-6-;;;. The Hall–Kier alpha value is -5.62. The van der Waals surface area contributed by atoms with Gasteiger partial charge >= 0.3 is 0 Å². The van der Waals surface area contributed by atoms with Gasteiger partial charge in [0.15, 0.2) is 0 Å². The molecule has 2 nitrogen and oxygen atoms in total. The molecule has 0 unspecified atom stereocenters. The second-order valence-electron chi connectivity index (χ2n) is 13.6. The molecular formula is C53H64N2. The molecule has 0 radical (unpaired) electrons. The van der Waals surface area contributed by atoms with Gasteiger partial charge in [-0.05, 0) is 105 Å². The molecule has 0 spiro atoms. The van der Waals surface area contributed by atoms with Crippen LogP contribution in [-0.2, 0) is 5.41 Å². The number of nitrogens with zero attached hydrogens (tertiary/aromatic N) is 2. The topological polar surface area (TPSA) is 8.17 Å².